The lowest BCUT2D eigenvalue weighted by Crippen LogP contribution is -2.22. The Hall–Kier alpha value is -2.61. The fourth-order valence-corrected chi connectivity index (χ4v) is 1.59. The van der Waals surface area contributed by atoms with Crippen LogP contribution in [-0.2, 0) is 4.79 Å². The molecule has 1 amide bonds. The second-order valence-corrected chi connectivity index (χ2v) is 3.50. The molecule has 17 heavy (non-hydrogen) atoms. The molecule has 0 unspecified atom stereocenters. The predicted molar refractivity (Wildman–Crippen MR) is 64.1 cm³/mol. The van der Waals surface area contributed by atoms with Gasteiger partial charge in [-0.25, -0.2) is 0 Å². The highest BCUT2D eigenvalue weighted by molar-refractivity contribution is 5.95. The van der Waals surface area contributed by atoms with E-state index >= 15 is 0 Å². The molecule has 1 aromatic heterocycles. The Balaban J connectivity index is 2.55. The molecule has 84 valence electrons. The first-order valence-corrected chi connectivity index (χ1v) is 5.02. The molecule has 0 aliphatic carbocycles. The first-order valence-electron chi connectivity index (χ1n) is 5.02. The van der Waals surface area contributed by atoms with Crippen molar-refractivity contribution < 1.29 is 4.79 Å². The van der Waals surface area contributed by atoms with Crippen molar-refractivity contribution in [3.05, 3.63) is 36.0 Å². The molecule has 2 aromatic rings. The van der Waals surface area contributed by atoms with E-state index in [-0.39, 0.29) is 6.54 Å². The molecule has 0 saturated carbocycles. The zero-order valence-corrected chi connectivity index (χ0v) is 8.97. The van der Waals surface area contributed by atoms with Crippen molar-refractivity contribution in [1.29, 1.82) is 5.26 Å². The molecule has 0 aliphatic rings. The van der Waals surface area contributed by atoms with Crippen molar-refractivity contribution in [1.82, 2.24) is 4.98 Å². The number of fused-ring (bicyclic) bond motifs is 1. The molecule has 5 nitrogen and oxygen atoms in total. The molecule has 0 bridgehead atoms. The maximum Gasteiger partial charge on any atom is 0.236 e. The van der Waals surface area contributed by atoms with E-state index in [1.807, 2.05) is 30.3 Å². The summed E-state index contributed by atoms with van der Waals surface area (Å²) in [5.41, 5.74) is 6.83. The minimum atomic E-state index is -0.477. The minimum absolute atomic E-state index is 0.0112. The van der Waals surface area contributed by atoms with Crippen molar-refractivity contribution >= 4 is 22.5 Å². The number of carbonyl (C=O) groups is 1. The van der Waals surface area contributed by atoms with Crippen LogP contribution in [0.25, 0.3) is 10.9 Å². The fraction of sp³-hybridized carbons (Fsp3) is 0.0833. The Morgan fingerprint density at radius 2 is 2.24 bits per heavy atom. The molecule has 0 atom stereocenters. The summed E-state index contributed by atoms with van der Waals surface area (Å²) in [6.45, 7) is -0.0112. The molecule has 1 aromatic carbocycles. The average Bonchev–Trinajstić information content (AvgIpc) is 2.35. The topological polar surface area (TPSA) is 91.8 Å². The highest BCUT2D eigenvalue weighted by Crippen LogP contribution is 2.24. The number of anilines is 1. The molecule has 5 heteroatoms. The monoisotopic (exact) mass is 226 g/mol. The number of para-hydroxylation sites is 1. The SMILES string of the molecule is N#Cc1cnc2ccccc2c1NCC(N)=O. The van der Waals surface area contributed by atoms with Crippen molar-refractivity contribution in [3.8, 4) is 6.07 Å². The van der Waals surface area contributed by atoms with E-state index in [9.17, 15) is 4.79 Å². The van der Waals surface area contributed by atoms with Gasteiger partial charge in [-0.2, -0.15) is 5.26 Å². The first kappa shape index (κ1) is 10.9. The van der Waals surface area contributed by atoms with Crippen LogP contribution in [-0.4, -0.2) is 17.4 Å². The number of hydrogen-bond donors (Lipinski definition) is 2. The lowest BCUT2D eigenvalue weighted by molar-refractivity contribution is -0.116. The number of pyridine rings is 1. The molecule has 3 N–H and O–H groups in total. The van der Waals surface area contributed by atoms with Gasteiger partial charge in [0.1, 0.15) is 6.07 Å². The Bertz CT molecular complexity index is 615. The Labute approximate surface area is 97.9 Å². The van der Waals surface area contributed by atoms with E-state index in [4.69, 9.17) is 11.0 Å². The van der Waals surface area contributed by atoms with Gasteiger partial charge < -0.3 is 11.1 Å². The van der Waals surface area contributed by atoms with Crippen LogP contribution < -0.4 is 11.1 Å². The second kappa shape index (κ2) is 4.49. The third-order valence-electron chi connectivity index (χ3n) is 2.34. The normalized spacial score (nSPS) is 9.82. The van der Waals surface area contributed by atoms with Gasteiger partial charge in [0.2, 0.25) is 5.91 Å². The van der Waals surface area contributed by atoms with E-state index in [2.05, 4.69) is 10.3 Å². The van der Waals surface area contributed by atoms with Crippen LogP contribution in [0.1, 0.15) is 5.56 Å². The lowest BCUT2D eigenvalue weighted by atomic mass is 10.1. The number of rotatable bonds is 3. The Morgan fingerprint density at radius 3 is 2.94 bits per heavy atom. The number of hydrogen-bond acceptors (Lipinski definition) is 4. The van der Waals surface area contributed by atoms with E-state index < -0.39 is 5.91 Å². The molecule has 0 aliphatic heterocycles. The van der Waals surface area contributed by atoms with Gasteiger partial charge in [0.15, 0.2) is 0 Å². The Morgan fingerprint density at radius 1 is 1.47 bits per heavy atom. The number of aromatic nitrogens is 1. The summed E-state index contributed by atoms with van der Waals surface area (Å²) < 4.78 is 0. The number of nitrogens with zero attached hydrogens (tertiary/aromatic N) is 2. The largest absolute Gasteiger partial charge is 0.374 e. The lowest BCUT2D eigenvalue weighted by Gasteiger charge is -2.09. The van der Waals surface area contributed by atoms with Crippen LogP contribution in [0, 0.1) is 11.3 Å². The number of carbonyl (C=O) groups excluding carboxylic acids is 1. The quantitative estimate of drug-likeness (QED) is 0.816. The number of benzene rings is 1. The van der Waals surface area contributed by atoms with Crippen molar-refractivity contribution in [2.45, 2.75) is 0 Å². The summed E-state index contributed by atoms with van der Waals surface area (Å²) in [6.07, 6.45) is 1.48. The van der Waals surface area contributed by atoms with Gasteiger partial charge in [0.25, 0.3) is 0 Å². The molecule has 0 radical (unpaired) electrons. The zero-order valence-electron chi connectivity index (χ0n) is 8.97. The third kappa shape index (κ3) is 2.16. The number of nitriles is 1. The third-order valence-corrected chi connectivity index (χ3v) is 2.34. The maximum atomic E-state index is 10.8. The first-order chi connectivity index (χ1) is 8.22. The summed E-state index contributed by atoms with van der Waals surface area (Å²) in [5, 5.41) is 12.7. The van der Waals surface area contributed by atoms with Crippen LogP contribution in [0.4, 0.5) is 5.69 Å². The number of amides is 1. The second-order valence-electron chi connectivity index (χ2n) is 3.50. The molecule has 0 fully saturated rings. The van der Waals surface area contributed by atoms with Gasteiger partial charge >= 0.3 is 0 Å². The molecule has 1 heterocycles. The van der Waals surface area contributed by atoms with Crippen molar-refractivity contribution in [2.75, 3.05) is 11.9 Å². The summed E-state index contributed by atoms with van der Waals surface area (Å²) >= 11 is 0. The predicted octanol–water partition coefficient (Wildman–Crippen LogP) is 1.00. The summed E-state index contributed by atoms with van der Waals surface area (Å²) in [7, 11) is 0. The van der Waals surface area contributed by atoms with E-state index in [0.29, 0.717) is 11.3 Å². The van der Waals surface area contributed by atoms with Crippen LogP contribution in [0.5, 0.6) is 0 Å². The van der Waals surface area contributed by atoms with E-state index in [0.717, 1.165) is 10.9 Å². The van der Waals surface area contributed by atoms with Crippen molar-refractivity contribution in [3.63, 3.8) is 0 Å². The highest BCUT2D eigenvalue weighted by atomic mass is 16.1. The maximum absolute atomic E-state index is 10.8. The highest BCUT2D eigenvalue weighted by Gasteiger charge is 2.08. The van der Waals surface area contributed by atoms with Gasteiger partial charge in [-0.3, -0.25) is 9.78 Å². The molecular weight excluding hydrogens is 216 g/mol. The fourth-order valence-electron chi connectivity index (χ4n) is 1.59. The standard InChI is InChI=1S/C12H10N4O/c13-5-8-6-15-10-4-2-1-3-9(10)12(8)16-7-11(14)17/h1-4,6H,7H2,(H2,14,17)(H,15,16). The number of nitrogens with one attached hydrogen (secondary N) is 1. The van der Waals surface area contributed by atoms with Gasteiger partial charge in [-0.15, -0.1) is 0 Å². The molecule has 2 rings (SSSR count). The van der Waals surface area contributed by atoms with Gasteiger partial charge in [0, 0.05) is 11.6 Å². The van der Waals surface area contributed by atoms with E-state index in [1.165, 1.54) is 6.20 Å². The minimum Gasteiger partial charge on any atom is -0.374 e. The smallest absolute Gasteiger partial charge is 0.236 e. The molecule has 0 saturated heterocycles. The number of nitrogens with two attached hydrogens (primary N) is 1. The summed E-state index contributed by atoms with van der Waals surface area (Å²) in [5.74, 6) is -0.477. The van der Waals surface area contributed by atoms with Gasteiger partial charge in [0.05, 0.1) is 23.3 Å². The van der Waals surface area contributed by atoms with Crippen molar-refractivity contribution in [2.24, 2.45) is 5.73 Å². The van der Waals surface area contributed by atoms with Crippen LogP contribution in [0.3, 0.4) is 0 Å². The van der Waals surface area contributed by atoms with Crippen LogP contribution in [0.2, 0.25) is 0 Å². The average molecular weight is 226 g/mol. The summed E-state index contributed by atoms with van der Waals surface area (Å²) in [4.78, 5) is 14.9. The summed E-state index contributed by atoms with van der Waals surface area (Å²) in [6, 6.07) is 9.42. The number of primary amides is 1. The van der Waals surface area contributed by atoms with Gasteiger partial charge in [-0.05, 0) is 6.07 Å². The molecular formula is C12H10N4O. The zero-order chi connectivity index (χ0) is 12.3. The Kier molecular flexibility index (Phi) is 2.88. The van der Waals surface area contributed by atoms with Crippen LogP contribution in [0.15, 0.2) is 30.5 Å². The van der Waals surface area contributed by atoms with E-state index in [1.54, 1.807) is 0 Å². The van der Waals surface area contributed by atoms with Crippen LogP contribution >= 0.6 is 0 Å². The van der Waals surface area contributed by atoms with Gasteiger partial charge in [-0.1, -0.05) is 18.2 Å². The molecule has 0 spiro atoms.